The van der Waals surface area contributed by atoms with Gasteiger partial charge in [-0.3, -0.25) is 0 Å². The Morgan fingerprint density at radius 1 is 1.40 bits per heavy atom. The number of hydrogen-bond acceptors (Lipinski definition) is 3. The van der Waals surface area contributed by atoms with Crippen molar-refractivity contribution in [3.8, 4) is 10.7 Å². The number of fused-ring (bicyclic) bond motifs is 1. The fraction of sp³-hybridized carbons (Fsp3) is 0.200. The molecule has 0 unspecified atom stereocenters. The molecule has 20 heavy (non-hydrogen) atoms. The van der Waals surface area contributed by atoms with Crippen molar-refractivity contribution in [2.45, 2.75) is 13.3 Å². The van der Waals surface area contributed by atoms with Gasteiger partial charge in [-0.05, 0) is 41.6 Å². The van der Waals surface area contributed by atoms with Crippen LogP contribution in [0, 0.1) is 0 Å². The van der Waals surface area contributed by atoms with E-state index in [2.05, 4.69) is 23.4 Å². The molecule has 0 fully saturated rings. The van der Waals surface area contributed by atoms with Gasteiger partial charge in [0, 0.05) is 7.05 Å². The predicted molar refractivity (Wildman–Crippen MR) is 80.4 cm³/mol. The van der Waals surface area contributed by atoms with Crippen LogP contribution in [0.3, 0.4) is 0 Å². The summed E-state index contributed by atoms with van der Waals surface area (Å²) < 4.78 is 2.02. The van der Waals surface area contributed by atoms with Crippen LogP contribution in [-0.4, -0.2) is 20.6 Å². The monoisotopic (exact) mass is 286 g/mol. The van der Waals surface area contributed by atoms with E-state index >= 15 is 0 Å². The minimum absolute atomic E-state index is 0.268. The van der Waals surface area contributed by atoms with Crippen molar-refractivity contribution in [3.05, 3.63) is 40.8 Å². The van der Waals surface area contributed by atoms with Gasteiger partial charge in [0.15, 0.2) is 5.82 Å². The molecule has 0 aliphatic carbocycles. The first-order valence-corrected chi connectivity index (χ1v) is 7.26. The van der Waals surface area contributed by atoms with Crippen molar-refractivity contribution in [2.75, 3.05) is 0 Å². The number of carboxylic acid groups (broad SMARTS) is 1. The van der Waals surface area contributed by atoms with Gasteiger partial charge in [-0.25, -0.2) is 9.78 Å². The molecule has 1 N–H and O–H groups in total. The second-order valence-corrected chi connectivity index (χ2v) is 5.55. The van der Waals surface area contributed by atoms with Gasteiger partial charge in [0.25, 0.3) is 0 Å². The number of thiophene rings is 1. The zero-order valence-electron chi connectivity index (χ0n) is 11.3. The minimum Gasteiger partial charge on any atom is -0.478 e. The first-order valence-electron chi connectivity index (χ1n) is 6.38. The van der Waals surface area contributed by atoms with Gasteiger partial charge in [-0.1, -0.05) is 6.92 Å². The molecule has 3 aromatic rings. The number of hydrogen-bond donors (Lipinski definition) is 1. The van der Waals surface area contributed by atoms with Crippen LogP contribution in [0.5, 0.6) is 0 Å². The Bertz CT molecular complexity index is 801. The summed E-state index contributed by atoms with van der Waals surface area (Å²) in [4.78, 5) is 16.8. The molecule has 0 atom stereocenters. The Hall–Kier alpha value is -2.14. The zero-order chi connectivity index (χ0) is 14.3. The lowest BCUT2D eigenvalue weighted by molar-refractivity contribution is 0.0697. The summed E-state index contributed by atoms with van der Waals surface area (Å²) in [6.45, 7) is 2.12. The maximum Gasteiger partial charge on any atom is 0.335 e. The van der Waals surface area contributed by atoms with E-state index in [1.54, 1.807) is 23.5 Å². The third-order valence-electron chi connectivity index (χ3n) is 3.46. The Morgan fingerprint density at radius 2 is 2.20 bits per heavy atom. The van der Waals surface area contributed by atoms with Crippen molar-refractivity contribution in [3.63, 3.8) is 0 Å². The summed E-state index contributed by atoms with van der Waals surface area (Å²) in [6.07, 6.45) is 0.961. The molecule has 0 radical (unpaired) electrons. The summed E-state index contributed by atoms with van der Waals surface area (Å²) in [5.41, 5.74) is 3.20. The number of rotatable bonds is 3. The molecule has 4 nitrogen and oxygen atoms in total. The quantitative estimate of drug-likeness (QED) is 0.801. The lowest BCUT2D eigenvalue weighted by Gasteiger charge is -2.02. The van der Waals surface area contributed by atoms with E-state index in [-0.39, 0.29) is 5.56 Å². The van der Waals surface area contributed by atoms with Gasteiger partial charge in [0.1, 0.15) is 0 Å². The van der Waals surface area contributed by atoms with Gasteiger partial charge in [-0.2, -0.15) is 0 Å². The Balaban J connectivity index is 2.22. The van der Waals surface area contributed by atoms with Crippen LogP contribution < -0.4 is 0 Å². The van der Waals surface area contributed by atoms with E-state index in [9.17, 15) is 4.79 Å². The number of aromatic carboxylic acids is 1. The van der Waals surface area contributed by atoms with Crippen molar-refractivity contribution in [1.29, 1.82) is 0 Å². The molecule has 3 rings (SSSR count). The number of nitrogens with zero attached hydrogens (tertiary/aromatic N) is 2. The second kappa shape index (κ2) is 4.76. The normalized spacial score (nSPS) is 11.1. The van der Waals surface area contributed by atoms with Gasteiger partial charge in [-0.15, -0.1) is 11.3 Å². The summed E-state index contributed by atoms with van der Waals surface area (Å²) in [7, 11) is 1.96. The van der Waals surface area contributed by atoms with E-state index < -0.39 is 5.97 Å². The maximum atomic E-state index is 11.0. The zero-order valence-corrected chi connectivity index (χ0v) is 12.1. The third-order valence-corrected chi connectivity index (χ3v) is 4.41. The van der Waals surface area contributed by atoms with Crippen LogP contribution in [0.2, 0.25) is 0 Å². The fourth-order valence-electron chi connectivity index (χ4n) is 2.35. The smallest absolute Gasteiger partial charge is 0.335 e. The Kier molecular flexibility index (Phi) is 3.06. The fourth-order valence-corrected chi connectivity index (χ4v) is 3.37. The number of aromatic nitrogens is 2. The molecule has 0 aliphatic rings. The van der Waals surface area contributed by atoms with Crippen LogP contribution in [-0.2, 0) is 13.5 Å². The standard InChI is InChI=1S/C15H14N2O2S/c1-3-9-6-7-20-13(9)14-16-11-8-10(15(18)19)4-5-12(11)17(14)2/h4-8H,3H2,1-2H3,(H,18,19). The molecule has 0 saturated heterocycles. The van der Waals surface area contributed by atoms with Crippen molar-refractivity contribution in [1.82, 2.24) is 9.55 Å². The highest BCUT2D eigenvalue weighted by Gasteiger charge is 2.15. The molecule has 0 bridgehead atoms. The van der Waals surface area contributed by atoms with E-state index in [1.165, 1.54) is 5.56 Å². The highest BCUT2D eigenvalue weighted by atomic mass is 32.1. The van der Waals surface area contributed by atoms with E-state index in [1.807, 2.05) is 17.7 Å². The van der Waals surface area contributed by atoms with Gasteiger partial charge in [0.2, 0.25) is 0 Å². The highest BCUT2D eigenvalue weighted by molar-refractivity contribution is 7.13. The number of carbonyl (C=O) groups is 1. The molecule has 1 aromatic carbocycles. The Morgan fingerprint density at radius 3 is 2.90 bits per heavy atom. The summed E-state index contributed by atoms with van der Waals surface area (Å²) in [5, 5.41) is 11.1. The van der Waals surface area contributed by atoms with Gasteiger partial charge in [0.05, 0.1) is 21.5 Å². The van der Waals surface area contributed by atoms with E-state index in [4.69, 9.17) is 5.11 Å². The average molecular weight is 286 g/mol. The molecule has 102 valence electrons. The second-order valence-electron chi connectivity index (χ2n) is 4.63. The van der Waals surface area contributed by atoms with Crippen molar-refractivity contribution in [2.24, 2.45) is 7.05 Å². The molecular weight excluding hydrogens is 272 g/mol. The molecule has 2 aromatic heterocycles. The molecule has 0 spiro atoms. The van der Waals surface area contributed by atoms with Crippen LogP contribution in [0.1, 0.15) is 22.8 Å². The Labute approximate surface area is 120 Å². The molecular formula is C15H14N2O2S. The number of imidazole rings is 1. The van der Waals surface area contributed by atoms with Crippen LogP contribution in [0.25, 0.3) is 21.7 Å². The SMILES string of the molecule is CCc1ccsc1-c1nc2cc(C(=O)O)ccc2n1C. The molecule has 0 amide bonds. The topological polar surface area (TPSA) is 55.1 Å². The largest absolute Gasteiger partial charge is 0.478 e. The average Bonchev–Trinajstić information content (AvgIpc) is 3.02. The lowest BCUT2D eigenvalue weighted by atomic mass is 10.2. The highest BCUT2D eigenvalue weighted by Crippen LogP contribution is 2.31. The molecule has 0 aliphatic heterocycles. The minimum atomic E-state index is -0.926. The summed E-state index contributed by atoms with van der Waals surface area (Å²) in [5.74, 6) is -0.0288. The van der Waals surface area contributed by atoms with Crippen molar-refractivity contribution < 1.29 is 9.90 Å². The first kappa shape index (κ1) is 12.9. The summed E-state index contributed by atoms with van der Waals surface area (Å²) >= 11 is 1.67. The number of aryl methyl sites for hydroxylation is 2. The molecule has 5 heteroatoms. The van der Waals surface area contributed by atoms with E-state index in [0.717, 1.165) is 28.2 Å². The van der Waals surface area contributed by atoms with Crippen molar-refractivity contribution >= 4 is 28.3 Å². The first-order chi connectivity index (χ1) is 9.61. The molecule has 2 heterocycles. The van der Waals surface area contributed by atoms with Crippen LogP contribution >= 0.6 is 11.3 Å². The number of carboxylic acids is 1. The summed E-state index contributed by atoms with van der Waals surface area (Å²) in [6, 6.07) is 7.17. The number of benzene rings is 1. The van der Waals surface area contributed by atoms with Crippen LogP contribution in [0.15, 0.2) is 29.6 Å². The predicted octanol–water partition coefficient (Wildman–Crippen LogP) is 3.56. The van der Waals surface area contributed by atoms with Crippen LogP contribution in [0.4, 0.5) is 0 Å². The van der Waals surface area contributed by atoms with Gasteiger partial charge < -0.3 is 9.67 Å². The maximum absolute atomic E-state index is 11.0. The van der Waals surface area contributed by atoms with Gasteiger partial charge >= 0.3 is 5.97 Å². The van der Waals surface area contributed by atoms with E-state index in [0.29, 0.717) is 0 Å². The third kappa shape index (κ3) is 1.91. The molecule has 0 saturated carbocycles. The lowest BCUT2D eigenvalue weighted by Crippen LogP contribution is -1.95.